The van der Waals surface area contributed by atoms with Crippen LogP contribution in [-0.2, 0) is 4.74 Å². The van der Waals surface area contributed by atoms with Crippen LogP contribution in [0.5, 0.6) is 5.75 Å². The fourth-order valence-corrected chi connectivity index (χ4v) is 2.36. The number of nitrogens with zero attached hydrogens (tertiary/aromatic N) is 1. The molecule has 3 rings (SSSR count). The number of nitrogens with one attached hydrogen (secondary N) is 2. The summed E-state index contributed by atoms with van der Waals surface area (Å²) in [5.41, 5.74) is 2.00. The molecule has 1 unspecified atom stereocenters. The number of H-pyrrole nitrogens is 1. The zero-order valence-corrected chi connectivity index (χ0v) is 11.6. The normalized spacial score (nSPS) is 18.9. The van der Waals surface area contributed by atoms with E-state index in [-0.39, 0.29) is 6.04 Å². The minimum Gasteiger partial charge on any atom is -0.493 e. The lowest BCUT2D eigenvalue weighted by atomic mass is 10.1. The Morgan fingerprint density at radius 3 is 3.10 bits per heavy atom. The molecule has 1 aromatic carbocycles. The summed E-state index contributed by atoms with van der Waals surface area (Å²) in [6.07, 6.45) is 1.85. The molecule has 0 aliphatic carbocycles. The number of benzene rings is 1. The highest BCUT2D eigenvalue weighted by atomic mass is 16.5. The van der Waals surface area contributed by atoms with E-state index < -0.39 is 0 Å². The quantitative estimate of drug-likeness (QED) is 0.896. The van der Waals surface area contributed by atoms with Gasteiger partial charge in [0.1, 0.15) is 11.6 Å². The number of rotatable bonds is 4. The lowest BCUT2D eigenvalue weighted by Crippen LogP contribution is -2.35. The molecule has 1 aliphatic rings. The SMILES string of the molecule is CCOc1ccccc1-c1cnc(C2COCCN2)[nH]1. The van der Waals surface area contributed by atoms with Crippen molar-refractivity contribution in [3.63, 3.8) is 0 Å². The van der Waals surface area contributed by atoms with E-state index >= 15 is 0 Å². The molecule has 2 heterocycles. The van der Waals surface area contributed by atoms with Gasteiger partial charge in [0.05, 0.1) is 37.8 Å². The molecule has 2 N–H and O–H groups in total. The van der Waals surface area contributed by atoms with Crippen LogP contribution in [0.15, 0.2) is 30.5 Å². The van der Waals surface area contributed by atoms with E-state index in [0.29, 0.717) is 13.2 Å². The number of aromatic nitrogens is 2. The van der Waals surface area contributed by atoms with Crippen LogP contribution in [0.3, 0.4) is 0 Å². The van der Waals surface area contributed by atoms with Gasteiger partial charge in [-0.25, -0.2) is 4.98 Å². The van der Waals surface area contributed by atoms with Gasteiger partial charge in [0.25, 0.3) is 0 Å². The van der Waals surface area contributed by atoms with E-state index in [0.717, 1.165) is 36.0 Å². The zero-order valence-electron chi connectivity index (χ0n) is 11.6. The summed E-state index contributed by atoms with van der Waals surface area (Å²) in [6.45, 7) is 4.90. The average Bonchev–Trinajstić information content (AvgIpc) is 2.99. The fourth-order valence-electron chi connectivity index (χ4n) is 2.36. The Hall–Kier alpha value is -1.85. The Labute approximate surface area is 118 Å². The van der Waals surface area contributed by atoms with Gasteiger partial charge in [-0.2, -0.15) is 0 Å². The van der Waals surface area contributed by atoms with Crippen molar-refractivity contribution in [1.29, 1.82) is 0 Å². The van der Waals surface area contributed by atoms with Gasteiger partial charge in [-0.15, -0.1) is 0 Å². The molecular weight excluding hydrogens is 254 g/mol. The van der Waals surface area contributed by atoms with E-state index in [4.69, 9.17) is 9.47 Å². The zero-order chi connectivity index (χ0) is 13.8. The average molecular weight is 273 g/mol. The lowest BCUT2D eigenvalue weighted by molar-refractivity contribution is 0.0745. The molecule has 1 aromatic heterocycles. The van der Waals surface area contributed by atoms with Crippen LogP contribution in [0.25, 0.3) is 11.3 Å². The molecule has 106 valence electrons. The monoisotopic (exact) mass is 273 g/mol. The van der Waals surface area contributed by atoms with Crippen molar-refractivity contribution in [1.82, 2.24) is 15.3 Å². The molecule has 0 saturated carbocycles. The van der Waals surface area contributed by atoms with Crippen LogP contribution in [0, 0.1) is 0 Å². The number of imidazole rings is 1. The predicted molar refractivity (Wildman–Crippen MR) is 76.8 cm³/mol. The summed E-state index contributed by atoms with van der Waals surface area (Å²) in [5, 5.41) is 3.39. The molecule has 1 fully saturated rings. The molecule has 2 aromatic rings. The minimum absolute atomic E-state index is 0.136. The van der Waals surface area contributed by atoms with E-state index in [1.807, 2.05) is 37.4 Å². The largest absolute Gasteiger partial charge is 0.493 e. The second-order valence-electron chi connectivity index (χ2n) is 4.69. The first-order valence-electron chi connectivity index (χ1n) is 6.96. The van der Waals surface area contributed by atoms with Crippen LogP contribution >= 0.6 is 0 Å². The van der Waals surface area contributed by atoms with Crippen LogP contribution in [-0.4, -0.2) is 36.3 Å². The van der Waals surface area contributed by atoms with Crippen molar-refractivity contribution >= 4 is 0 Å². The molecule has 20 heavy (non-hydrogen) atoms. The molecular formula is C15H19N3O2. The minimum atomic E-state index is 0.136. The first kappa shape index (κ1) is 13.1. The topological polar surface area (TPSA) is 59.2 Å². The van der Waals surface area contributed by atoms with E-state index in [1.54, 1.807) is 0 Å². The smallest absolute Gasteiger partial charge is 0.128 e. The number of para-hydroxylation sites is 1. The van der Waals surface area contributed by atoms with Gasteiger partial charge in [0.2, 0.25) is 0 Å². The highest BCUT2D eigenvalue weighted by Gasteiger charge is 2.19. The van der Waals surface area contributed by atoms with E-state index in [9.17, 15) is 0 Å². The van der Waals surface area contributed by atoms with Crippen LogP contribution in [0.2, 0.25) is 0 Å². The van der Waals surface area contributed by atoms with Gasteiger partial charge in [-0.3, -0.25) is 0 Å². The molecule has 1 atom stereocenters. The van der Waals surface area contributed by atoms with Gasteiger partial charge in [0, 0.05) is 12.1 Å². The Morgan fingerprint density at radius 1 is 1.40 bits per heavy atom. The van der Waals surface area contributed by atoms with Crippen LogP contribution in [0.4, 0.5) is 0 Å². The summed E-state index contributed by atoms with van der Waals surface area (Å²) < 4.78 is 11.1. The van der Waals surface area contributed by atoms with Crippen molar-refractivity contribution in [3.8, 4) is 17.0 Å². The second kappa shape index (κ2) is 6.07. The Kier molecular flexibility index (Phi) is 3.99. The first-order chi connectivity index (χ1) is 9.88. The van der Waals surface area contributed by atoms with Crippen molar-refractivity contribution in [2.24, 2.45) is 0 Å². The van der Waals surface area contributed by atoms with Crippen LogP contribution < -0.4 is 10.1 Å². The summed E-state index contributed by atoms with van der Waals surface area (Å²) in [5.74, 6) is 1.78. The Balaban J connectivity index is 1.86. The molecule has 1 aliphatic heterocycles. The van der Waals surface area contributed by atoms with Gasteiger partial charge in [-0.05, 0) is 19.1 Å². The fraction of sp³-hybridized carbons (Fsp3) is 0.400. The standard InChI is InChI=1S/C15H19N3O2/c1-2-20-14-6-4-3-5-11(14)12-9-17-15(18-12)13-10-19-8-7-16-13/h3-6,9,13,16H,2,7-8,10H2,1H3,(H,17,18). The lowest BCUT2D eigenvalue weighted by Gasteiger charge is -2.21. The third-order valence-electron chi connectivity index (χ3n) is 3.32. The summed E-state index contributed by atoms with van der Waals surface area (Å²) in [7, 11) is 0. The molecule has 0 bridgehead atoms. The first-order valence-corrected chi connectivity index (χ1v) is 6.96. The summed E-state index contributed by atoms with van der Waals surface area (Å²) in [6, 6.07) is 8.12. The molecule has 5 nitrogen and oxygen atoms in total. The molecule has 0 amide bonds. The van der Waals surface area contributed by atoms with Crippen molar-refractivity contribution in [2.45, 2.75) is 13.0 Å². The predicted octanol–water partition coefficient (Wildman–Crippen LogP) is 2.14. The van der Waals surface area contributed by atoms with Gasteiger partial charge in [0.15, 0.2) is 0 Å². The van der Waals surface area contributed by atoms with Gasteiger partial charge >= 0.3 is 0 Å². The Morgan fingerprint density at radius 2 is 2.30 bits per heavy atom. The van der Waals surface area contributed by atoms with Gasteiger partial charge < -0.3 is 19.8 Å². The number of aromatic amines is 1. The maximum Gasteiger partial charge on any atom is 0.128 e. The van der Waals surface area contributed by atoms with Crippen molar-refractivity contribution < 1.29 is 9.47 Å². The van der Waals surface area contributed by atoms with E-state index in [2.05, 4.69) is 15.3 Å². The maximum absolute atomic E-state index is 5.66. The molecule has 0 spiro atoms. The van der Waals surface area contributed by atoms with Gasteiger partial charge in [-0.1, -0.05) is 12.1 Å². The molecule has 1 saturated heterocycles. The third kappa shape index (κ3) is 2.69. The highest BCUT2D eigenvalue weighted by Crippen LogP contribution is 2.29. The number of hydrogen-bond donors (Lipinski definition) is 2. The summed E-state index contributed by atoms with van der Waals surface area (Å²) >= 11 is 0. The van der Waals surface area contributed by atoms with Crippen molar-refractivity contribution in [3.05, 3.63) is 36.3 Å². The Bertz CT molecular complexity index is 562. The third-order valence-corrected chi connectivity index (χ3v) is 3.32. The molecule has 0 radical (unpaired) electrons. The highest BCUT2D eigenvalue weighted by molar-refractivity contribution is 5.66. The number of hydrogen-bond acceptors (Lipinski definition) is 4. The summed E-state index contributed by atoms with van der Waals surface area (Å²) in [4.78, 5) is 7.83. The number of ether oxygens (including phenoxy) is 2. The van der Waals surface area contributed by atoms with Crippen molar-refractivity contribution in [2.75, 3.05) is 26.4 Å². The maximum atomic E-state index is 5.66. The van der Waals surface area contributed by atoms with Crippen LogP contribution in [0.1, 0.15) is 18.8 Å². The number of morpholine rings is 1. The molecule has 5 heteroatoms. The second-order valence-corrected chi connectivity index (χ2v) is 4.69. The van der Waals surface area contributed by atoms with E-state index in [1.165, 1.54) is 0 Å².